The van der Waals surface area contributed by atoms with Crippen LogP contribution in [0.2, 0.25) is 0 Å². The largest absolute Gasteiger partial charge is 0.337 e. The topological polar surface area (TPSA) is 68.5 Å². The van der Waals surface area contributed by atoms with Crippen LogP contribution >= 0.6 is 0 Å². The molecule has 0 saturated carbocycles. The molecule has 0 fully saturated rings. The van der Waals surface area contributed by atoms with Crippen LogP contribution < -0.4 is 5.32 Å². The summed E-state index contributed by atoms with van der Waals surface area (Å²) in [5, 5.41) is 7.73. The first-order valence-electron chi connectivity index (χ1n) is 7.79. The molecule has 0 amide bonds. The van der Waals surface area contributed by atoms with Gasteiger partial charge in [-0.1, -0.05) is 6.07 Å². The minimum atomic E-state index is 0.676. The summed E-state index contributed by atoms with van der Waals surface area (Å²) in [4.78, 5) is 13.8. The Hall–Kier alpha value is -2.76. The van der Waals surface area contributed by atoms with Crippen molar-refractivity contribution in [3.05, 3.63) is 47.5 Å². The third-order valence-corrected chi connectivity index (χ3v) is 4.32. The lowest BCUT2D eigenvalue weighted by molar-refractivity contribution is 0.740. The number of nitrogens with zero attached hydrogens (tertiary/aromatic N) is 5. The minimum Gasteiger partial charge on any atom is -0.337 e. The zero-order valence-electron chi connectivity index (χ0n) is 13.2. The van der Waals surface area contributed by atoms with Gasteiger partial charge in [-0.25, -0.2) is 9.97 Å². The van der Waals surface area contributed by atoms with Gasteiger partial charge in [-0.2, -0.15) is 5.10 Å². The van der Waals surface area contributed by atoms with Gasteiger partial charge in [-0.15, -0.1) is 0 Å². The van der Waals surface area contributed by atoms with Gasteiger partial charge in [0, 0.05) is 24.5 Å². The van der Waals surface area contributed by atoms with Gasteiger partial charge in [-0.3, -0.25) is 9.67 Å². The van der Waals surface area contributed by atoms with E-state index in [-0.39, 0.29) is 0 Å². The quantitative estimate of drug-likeness (QED) is 0.806. The van der Waals surface area contributed by atoms with Crippen molar-refractivity contribution in [1.82, 2.24) is 24.7 Å². The summed E-state index contributed by atoms with van der Waals surface area (Å²) in [6, 6.07) is 5.79. The summed E-state index contributed by atoms with van der Waals surface area (Å²) in [5.41, 5.74) is 5.20. The van der Waals surface area contributed by atoms with Crippen LogP contribution in [0.5, 0.6) is 0 Å². The molecule has 1 aliphatic carbocycles. The second-order valence-electron chi connectivity index (χ2n) is 5.78. The van der Waals surface area contributed by atoms with E-state index < -0.39 is 0 Å². The van der Waals surface area contributed by atoms with Gasteiger partial charge >= 0.3 is 0 Å². The van der Waals surface area contributed by atoms with Crippen molar-refractivity contribution in [3.8, 4) is 11.5 Å². The van der Waals surface area contributed by atoms with Crippen LogP contribution in [0.3, 0.4) is 0 Å². The van der Waals surface area contributed by atoms with Crippen molar-refractivity contribution in [2.45, 2.75) is 26.2 Å². The molecule has 116 valence electrons. The average molecular weight is 306 g/mol. The van der Waals surface area contributed by atoms with Gasteiger partial charge in [0.25, 0.3) is 0 Å². The first-order chi connectivity index (χ1) is 11.2. The van der Waals surface area contributed by atoms with E-state index in [1.807, 2.05) is 43.0 Å². The fourth-order valence-electron chi connectivity index (χ4n) is 2.89. The van der Waals surface area contributed by atoms with Gasteiger partial charge in [0.1, 0.15) is 11.5 Å². The normalized spacial score (nSPS) is 13.1. The molecular weight excluding hydrogens is 288 g/mol. The molecule has 3 heterocycles. The first-order valence-corrected chi connectivity index (χ1v) is 7.79. The fourth-order valence-corrected chi connectivity index (χ4v) is 2.89. The van der Waals surface area contributed by atoms with Crippen molar-refractivity contribution in [3.63, 3.8) is 0 Å². The predicted octanol–water partition coefficient (Wildman–Crippen LogP) is 2.81. The highest BCUT2D eigenvalue weighted by Gasteiger charge is 2.21. The van der Waals surface area contributed by atoms with Gasteiger partial charge < -0.3 is 5.32 Å². The zero-order valence-corrected chi connectivity index (χ0v) is 13.2. The number of nitrogens with one attached hydrogen (secondary N) is 1. The molecule has 6 heteroatoms. The van der Waals surface area contributed by atoms with Crippen LogP contribution in [-0.4, -0.2) is 24.7 Å². The van der Waals surface area contributed by atoms with E-state index in [4.69, 9.17) is 9.97 Å². The smallest absolute Gasteiger partial charge is 0.180 e. The van der Waals surface area contributed by atoms with Gasteiger partial charge in [0.15, 0.2) is 5.82 Å². The molecule has 0 aliphatic heterocycles. The molecule has 0 atom stereocenters. The van der Waals surface area contributed by atoms with E-state index in [1.165, 1.54) is 5.56 Å². The molecule has 3 aromatic heterocycles. The van der Waals surface area contributed by atoms with Crippen molar-refractivity contribution in [1.29, 1.82) is 0 Å². The average Bonchev–Trinajstić information content (AvgIpc) is 3.17. The molecule has 0 aromatic carbocycles. The van der Waals surface area contributed by atoms with E-state index in [9.17, 15) is 0 Å². The van der Waals surface area contributed by atoms with Crippen LogP contribution in [0.1, 0.15) is 23.4 Å². The molecule has 0 bridgehead atoms. The summed E-state index contributed by atoms with van der Waals surface area (Å²) >= 11 is 0. The van der Waals surface area contributed by atoms with Crippen LogP contribution in [0.15, 0.2) is 30.6 Å². The maximum Gasteiger partial charge on any atom is 0.180 e. The SMILES string of the molecule is Cc1c(Nc2nc(-c3ccccn3)nc3c2CCC3)cnn1C. The molecule has 0 unspecified atom stereocenters. The van der Waals surface area contributed by atoms with Crippen molar-refractivity contribution in [2.24, 2.45) is 7.05 Å². The lowest BCUT2D eigenvalue weighted by Crippen LogP contribution is -2.05. The molecule has 0 saturated heterocycles. The fraction of sp³-hybridized carbons (Fsp3) is 0.294. The molecule has 6 nitrogen and oxygen atoms in total. The number of fused-ring (bicyclic) bond motifs is 1. The van der Waals surface area contributed by atoms with Gasteiger partial charge in [0.2, 0.25) is 0 Å². The van der Waals surface area contributed by atoms with E-state index in [0.29, 0.717) is 5.82 Å². The molecule has 1 N–H and O–H groups in total. The summed E-state index contributed by atoms with van der Waals surface area (Å²) in [7, 11) is 1.93. The molecule has 0 spiro atoms. The predicted molar refractivity (Wildman–Crippen MR) is 88.5 cm³/mol. The Balaban J connectivity index is 1.79. The van der Waals surface area contributed by atoms with Crippen LogP contribution in [-0.2, 0) is 19.9 Å². The Bertz CT molecular complexity index is 853. The summed E-state index contributed by atoms with van der Waals surface area (Å²) in [6.07, 6.45) is 6.73. The van der Waals surface area contributed by atoms with Crippen molar-refractivity contribution >= 4 is 11.5 Å². The molecule has 3 aromatic rings. The van der Waals surface area contributed by atoms with E-state index >= 15 is 0 Å². The Morgan fingerprint density at radius 3 is 2.83 bits per heavy atom. The second kappa shape index (κ2) is 5.46. The van der Waals surface area contributed by atoms with E-state index in [2.05, 4.69) is 15.4 Å². The second-order valence-corrected chi connectivity index (χ2v) is 5.78. The molecular formula is C17H18N6. The number of aromatic nitrogens is 5. The summed E-state index contributed by atoms with van der Waals surface area (Å²) in [5.74, 6) is 1.56. The standard InChI is InChI=1S/C17H18N6/c1-11-15(10-19-23(11)2)21-16-12-6-5-8-13(12)20-17(22-16)14-7-3-4-9-18-14/h3-4,7,9-10H,5-6,8H2,1-2H3,(H,20,21,22). The highest BCUT2D eigenvalue weighted by atomic mass is 15.3. The van der Waals surface area contributed by atoms with Gasteiger partial charge in [0.05, 0.1) is 17.6 Å². The monoisotopic (exact) mass is 306 g/mol. The molecule has 4 rings (SSSR count). The minimum absolute atomic E-state index is 0.676. The Labute approximate surface area is 134 Å². The number of pyridine rings is 1. The Morgan fingerprint density at radius 1 is 1.17 bits per heavy atom. The molecule has 0 radical (unpaired) electrons. The lowest BCUT2D eigenvalue weighted by atomic mass is 10.2. The lowest BCUT2D eigenvalue weighted by Gasteiger charge is -2.11. The van der Waals surface area contributed by atoms with Gasteiger partial charge in [-0.05, 0) is 38.3 Å². The number of hydrogen-bond donors (Lipinski definition) is 1. The maximum atomic E-state index is 4.74. The number of hydrogen-bond acceptors (Lipinski definition) is 5. The van der Waals surface area contributed by atoms with E-state index in [0.717, 1.165) is 47.8 Å². The van der Waals surface area contributed by atoms with E-state index in [1.54, 1.807) is 6.20 Å². The third-order valence-electron chi connectivity index (χ3n) is 4.32. The van der Waals surface area contributed by atoms with Crippen molar-refractivity contribution in [2.75, 3.05) is 5.32 Å². The van der Waals surface area contributed by atoms with Crippen LogP contribution in [0.25, 0.3) is 11.5 Å². The number of anilines is 2. The maximum absolute atomic E-state index is 4.74. The summed E-state index contributed by atoms with van der Waals surface area (Å²) in [6.45, 7) is 2.04. The number of rotatable bonds is 3. The Morgan fingerprint density at radius 2 is 2.09 bits per heavy atom. The van der Waals surface area contributed by atoms with Crippen LogP contribution in [0, 0.1) is 6.92 Å². The molecule has 1 aliphatic rings. The number of aryl methyl sites for hydroxylation is 2. The highest BCUT2D eigenvalue weighted by molar-refractivity contribution is 5.65. The zero-order chi connectivity index (χ0) is 15.8. The first kappa shape index (κ1) is 13.9. The van der Waals surface area contributed by atoms with Crippen molar-refractivity contribution < 1.29 is 0 Å². The summed E-state index contributed by atoms with van der Waals surface area (Å²) < 4.78 is 1.85. The highest BCUT2D eigenvalue weighted by Crippen LogP contribution is 2.31. The third kappa shape index (κ3) is 2.46. The molecule has 23 heavy (non-hydrogen) atoms. The van der Waals surface area contributed by atoms with Crippen LogP contribution in [0.4, 0.5) is 11.5 Å². The Kier molecular flexibility index (Phi) is 3.29.